The van der Waals surface area contributed by atoms with Gasteiger partial charge in [0.05, 0.1) is 16.7 Å². The maximum Gasteiger partial charge on any atom is 0.274 e. The highest BCUT2D eigenvalue weighted by Gasteiger charge is 2.14. The van der Waals surface area contributed by atoms with E-state index < -0.39 is 10.7 Å². The molecule has 2 rings (SSSR count). The number of pyridine rings is 1. The molecule has 0 atom stereocenters. The molecular weight excluding hydrogens is 259 g/mol. The Hall–Kier alpha value is -2.01. The summed E-state index contributed by atoms with van der Waals surface area (Å²) < 4.78 is 13.4. The van der Waals surface area contributed by atoms with E-state index in [1.165, 1.54) is 18.2 Å². The van der Waals surface area contributed by atoms with Crippen LogP contribution in [0.1, 0.15) is 5.56 Å². The van der Waals surface area contributed by atoms with Gasteiger partial charge in [0.15, 0.2) is 0 Å². The predicted molar refractivity (Wildman–Crippen MR) is 66.0 cm³/mol. The highest BCUT2D eigenvalue weighted by atomic mass is 35.5. The van der Waals surface area contributed by atoms with Gasteiger partial charge in [0, 0.05) is 11.6 Å². The standard InChI is InChI=1S/C12H8ClFN2O2/c1-7-9(3-2-4-10(7)14)11-5-8(16(17)18)6-12(13)15-11/h2-6H,1H3. The van der Waals surface area contributed by atoms with Crippen molar-refractivity contribution in [1.82, 2.24) is 4.98 Å². The fraction of sp³-hybridized carbons (Fsp3) is 0.0833. The zero-order valence-corrected chi connectivity index (χ0v) is 10.1. The third-order valence-corrected chi connectivity index (χ3v) is 2.73. The zero-order valence-electron chi connectivity index (χ0n) is 9.35. The van der Waals surface area contributed by atoms with E-state index in [0.29, 0.717) is 11.1 Å². The summed E-state index contributed by atoms with van der Waals surface area (Å²) in [4.78, 5) is 14.2. The van der Waals surface area contributed by atoms with Gasteiger partial charge >= 0.3 is 0 Å². The minimum absolute atomic E-state index is 0.00265. The van der Waals surface area contributed by atoms with E-state index in [9.17, 15) is 14.5 Å². The van der Waals surface area contributed by atoms with Gasteiger partial charge in [0.1, 0.15) is 11.0 Å². The van der Waals surface area contributed by atoms with Gasteiger partial charge in [0.25, 0.3) is 5.69 Å². The first-order valence-corrected chi connectivity index (χ1v) is 5.44. The first kappa shape index (κ1) is 12.4. The van der Waals surface area contributed by atoms with Gasteiger partial charge in [-0.15, -0.1) is 0 Å². The summed E-state index contributed by atoms with van der Waals surface area (Å²) in [7, 11) is 0. The van der Waals surface area contributed by atoms with Crippen molar-refractivity contribution in [2.24, 2.45) is 0 Å². The van der Waals surface area contributed by atoms with Crippen LogP contribution in [0.25, 0.3) is 11.3 Å². The molecule has 0 aliphatic carbocycles. The second kappa shape index (κ2) is 4.70. The Morgan fingerprint density at radius 3 is 2.78 bits per heavy atom. The third-order valence-electron chi connectivity index (χ3n) is 2.53. The minimum atomic E-state index is -0.564. The molecule has 18 heavy (non-hydrogen) atoms. The normalized spacial score (nSPS) is 10.4. The number of nitrogens with zero attached hydrogens (tertiary/aromatic N) is 2. The van der Waals surface area contributed by atoms with E-state index in [2.05, 4.69) is 4.98 Å². The van der Waals surface area contributed by atoms with E-state index in [0.717, 1.165) is 6.07 Å². The maximum atomic E-state index is 13.4. The van der Waals surface area contributed by atoms with Crippen molar-refractivity contribution in [3.63, 3.8) is 0 Å². The van der Waals surface area contributed by atoms with Crippen molar-refractivity contribution in [3.8, 4) is 11.3 Å². The highest BCUT2D eigenvalue weighted by molar-refractivity contribution is 6.29. The van der Waals surface area contributed by atoms with Crippen LogP contribution in [-0.2, 0) is 0 Å². The van der Waals surface area contributed by atoms with E-state index in [-0.39, 0.29) is 16.5 Å². The zero-order chi connectivity index (χ0) is 13.3. The molecule has 2 aromatic rings. The lowest BCUT2D eigenvalue weighted by Crippen LogP contribution is -1.94. The van der Waals surface area contributed by atoms with Crippen LogP contribution >= 0.6 is 11.6 Å². The highest BCUT2D eigenvalue weighted by Crippen LogP contribution is 2.28. The van der Waals surface area contributed by atoms with Crippen LogP contribution in [0.15, 0.2) is 30.3 Å². The lowest BCUT2D eigenvalue weighted by molar-refractivity contribution is -0.384. The molecule has 0 unspecified atom stereocenters. The largest absolute Gasteiger partial charge is 0.274 e. The van der Waals surface area contributed by atoms with E-state index in [1.54, 1.807) is 13.0 Å². The van der Waals surface area contributed by atoms with Crippen LogP contribution in [0.3, 0.4) is 0 Å². The monoisotopic (exact) mass is 266 g/mol. The number of hydrogen-bond donors (Lipinski definition) is 0. The van der Waals surface area contributed by atoms with Crippen LogP contribution in [0.2, 0.25) is 5.15 Å². The molecule has 0 fully saturated rings. The average Bonchev–Trinajstić information content (AvgIpc) is 2.31. The smallest absolute Gasteiger partial charge is 0.258 e. The van der Waals surface area contributed by atoms with Crippen molar-refractivity contribution < 1.29 is 9.31 Å². The van der Waals surface area contributed by atoms with Crippen molar-refractivity contribution >= 4 is 17.3 Å². The summed E-state index contributed by atoms with van der Waals surface area (Å²) >= 11 is 5.73. The van der Waals surface area contributed by atoms with Gasteiger partial charge < -0.3 is 0 Å². The summed E-state index contributed by atoms with van der Waals surface area (Å²) in [5, 5.41) is 10.7. The number of rotatable bonds is 2. The molecule has 1 heterocycles. The van der Waals surface area contributed by atoms with Crippen molar-refractivity contribution in [1.29, 1.82) is 0 Å². The number of nitro groups is 1. The molecular formula is C12H8ClFN2O2. The SMILES string of the molecule is Cc1c(F)cccc1-c1cc([N+](=O)[O-])cc(Cl)n1. The van der Waals surface area contributed by atoms with Crippen LogP contribution < -0.4 is 0 Å². The Balaban J connectivity index is 2.64. The average molecular weight is 267 g/mol. The van der Waals surface area contributed by atoms with Crippen molar-refractivity contribution in [2.45, 2.75) is 6.92 Å². The number of aromatic nitrogens is 1. The van der Waals surface area contributed by atoms with Crippen molar-refractivity contribution in [2.75, 3.05) is 0 Å². The Labute approximate surface area is 107 Å². The van der Waals surface area contributed by atoms with Gasteiger partial charge in [-0.05, 0) is 18.6 Å². The Morgan fingerprint density at radius 2 is 2.11 bits per heavy atom. The molecule has 0 bridgehead atoms. The molecule has 0 radical (unpaired) electrons. The lowest BCUT2D eigenvalue weighted by atomic mass is 10.0. The molecule has 1 aromatic heterocycles. The van der Waals surface area contributed by atoms with Gasteiger partial charge in [0.2, 0.25) is 0 Å². The predicted octanol–water partition coefficient (Wildman–Crippen LogP) is 3.76. The van der Waals surface area contributed by atoms with E-state index >= 15 is 0 Å². The topological polar surface area (TPSA) is 56.0 Å². The lowest BCUT2D eigenvalue weighted by Gasteiger charge is -2.06. The molecule has 0 spiro atoms. The molecule has 1 aromatic carbocycles. The molecule has 0 saturated carbocycles. The molecule has 0 aliphatic rings. The first-order chi connectivity index (χ1) is 8.49. The second-order valence-electron chi connectivity index (χ2n) is 3.70. The first-order valence-electron chi connectivity index (χ1n) is 5.06. The molecule has 0 amide bonds. The summed E-state index contributed by atoms with van der Waals surface area (Å²) in [6, 6.07) is 6.90. The Morgan fingerprint density at radius 1 is 1.39 bits per heavy atom. The van der Waals surface area contributed by atoms with Crippen molar-refractivity contribution in [3.05, 3.63) is 57.0 Å². The van der Waals surface area contributed by atoms with Gasteiger partial charge in [-0.25, -0.2) is 9.37 Å². The van der Waals surface area contributed by atoms with E-state index in [1.807, 2.05) is 0 Å². The number of hydrogen-bond acceptors (Lipinski definition) is 3. The Kier molecular flexibility index (Phi) is 3.25. The quantitative estimate of drug-likeness (QED) is 0.472. The molecule has 6 heteroatoms. The summed E-state index contributed by atoms with van der Waals surface area (Å²) in [6.07, 6.45) is 0. The summed E-state index contributed by atoms with van der Waals surface area (Å²) in [5.74, 6) is -0.392. The molecule has 0 N–H and O–H groups in total. The summed E-state index contributed by atoms with van der Waals surface area (Å²) in [5.41, 5.74) is 0.974. The molecule has 92 valence electrons. The van der Waals surface area contributed by atoms with Crippen LogP contribution in [0.5, 0.6) is 0 Å². The van der Waals surface area contributed by atoms with Gasteiger partial charge in [-0.1, -0.05) is 23.7 Å². The van der Waals surface area contributed by atoms with Gasteiger partial charge in [-0.3, -0.25) is 10.1 Å². The second-order valence-corrected chi connectivity index (χ2v) is 4.09. The molecule has 0 saturated heterocycles. The van der Waals surface area contributed by atoms with E-state index in [4.69, 9.17) is 11.6 Å². The van der Waals surface area contributed by atoms with Gasteiger partial charge in [-0.2, -0.15) is 0 Å². The third kappa shape index (κ3) is 2.31. The minimum Gasteiger partial charge on any atom is -0.258 e. The number of halogens is 2. The van der Waals surface area contributed by atoms with Crippen LogP contribution in [0.4, 0.5) is 10.1 Å². The maximum absolute atomic E-state index is 13.4. The fourth-order valence-electron chi connectivity index (χ4n) is 1.61. The van der Waals surface area contributed by atoms with Crippen LogP contribution in [0, 0.1) is 22.9 Å². The summed E-state index contributed by atoms with van der Waals surface area (Å²) in [6.45, 7) is 1.58. The number of benzene rings is 1. The molecule has 0 aliphatic heterocycles. The van der Waals surface area contributed by atoms with Crippen LogP contribution in [-0.4, -0.2) is 9.91 Å². The fourth-order valence-corrected chi connectivity index (χ4v) is 1.81. The molecule has 4 nitrogen and oxygen atoms in total. The Bertz CT molecular complexity index is 631.